The number of hydrogen-bond acceptors (Lipinski definition) is 4. The van der Waals surface area contributed by atoms with Gasteiger partial charge in [0.1, 0.15) is 17.4 Å². The first-order chi connectivity index (χ1) is 17.4. The van der Waals surface area contributed by atoms with Gasteiger partial charge in [0.25, 0.3) is 5.91 Å². The maximum Gasteiger partial charge on any atom is 0.357 e. The summed E-state index contributed by atoms with van der Waals surface area (Å²) in [6, 6.07) is 19.2. The summed E-state index contributed by atoms with van der Waals surface area (Å²) in [7, 11) is 1.55. The number of halogens is 2. The first kappa shape index (κ1) is 24.7. The van der Waals surface area contributed by atoms with E-state index in [4.69, 9.17) is 9.47 Å². The van der Waals surface area contributed by atoms with Crippen LogP contribution < -0.4 is 10.1 Å². The number of nitrogens with zero attached hydrogens (tertiary/aromatic N) is 1. The molecule has 0 aliphatic rings. The van der Waals surface area contributed by atoms with Gasteiger partial charge in [0, 0.05) is 24.4 Å². The Labute approximate surface area is 207 Å². The number of carbonyl (C=O) groups is 2. The van der Waals surface area contributed by atoms with Crippen molar-refractivity contribution >= 4 is 17.6 Å². The highest BCUT2D eigenvalue weighted by atomic mass is 19.1. The van der Waals surface area contributed by atoms with Gasteiger partial charge in [-0.2, -0.15) is 0 Å². The van der Waals surface area contributed by atoms with Crippen molar-refractivity contribution in [3.63, 3.8) is 0 Å². The summed E-state index contributed by atoms with van der Waals surface area (Å²) in [6.45, 7) is 2.12. The third-order valence-electron chi connectivity index (χ3n) is 5.56. The lowest BCUT2D eigenvalue weighted by Crippen LogP contribution is -2.19. The van der Waals surface area contributed by atoms with E-state index in [2.05, 4.69) is 5.32 Å². The van der Waals surface area contributed by atoms with E-state index < -0.39 is 23.5 Å². The van der Waals surface area contributed by atoms with Crippen LogP contribution in [0.25, 0.3) is 11.1 Å². The van der Waals surface area contributed by atoms with Gasteiger partial charge in [0.05, 0.1) is 25.0 Å². The van der Waals surface area contributed by atoms with Crippen molar-refractivity contribution in [2.45, 2.75) is 13.5 Å². The lowest BCUT2D eigenvalue weighted by molar-refractivity contribution is 0.0515. The van der Waals surface area contributed by atoms with Gasteiger partial charge in [-0.1, -0.05) is 42.5 Å². The minimum atomic E-state index is -1.01. The fourth-order valence-corrected chi connectivity index (χ4v) is 3.85. The zero-order chi connectivity index (χ0) is 25.7. The molecule has 0 saturated carbocycles. The second-order valence-electron chi connectivity index (χ2n) is 7.91. The molecule has 3 aromatic carbocycles. The summed E-state index contributed by atoms with van der Waals surface area (Å²) >= 11 is 0. The van der Waals surface area contributed by atoms with Crippen molar-refractivity contribution in [1.82, 2.24) is 4.57 Å². The van der Waals surface area contributed by atoms with Gasteiger partial charge >= 0.3 is 5.97 Å². The average molecular weight is 491 g/mol. The largest absolute Gasteiger partial charge is 0.497 e. The van der Waals surface area contributed by atoms with Crippen molar-refractivity contribution in [1.29, 1.82) is 0 Å². The highest BCUT2D eigenvalue weighted by Crippen LogP contribution is 2.35. The van der Waals surface area contributed by atoms with Crippen LogP contribution >= 0.6 is 0 Å². The quantitative estimate of drug-likeness (QED) is 0.311. The summed E-state index contributed by atoms with van der Waals surface area (Å²) in [5.74, 6) is -2.66. The smallest absolute Gasteiger partial charge is 0.357 e. The molecular weight excluding hydrogens is 466 g/mol. The van der Waals surface area contributed by atoms with Crippen LogP contribution in [-0.4, -0.2) is 30.2 Å². The Morgan fingerprint density at radius 3 is 2.33 bits per heavy atom. The SMILES string of the molecule is CCOC(=O)c1c(NC(=O)c2ccc(F)cc2F)c(-c2ccc(OC)cc2)cn1Cc1ccccc1. The monoisotopic (exact) mass is 490 g/mol. The molecule has 4 rings (SSSR count). The fourth-order valence-electron chi connectivity index (χ4n) is 3.85. The minimum absolute atomic E-state index is 0.0994. The van der Waals surface area contributed by atoms with E-state index in [0.29, 0.717) is 29.5 Å². The summed E-state index contributed by atoms with van der Waals surface area (Å²) in [5.41, 5.74) is 2.02. The van der Waals surface area contributed by atoms with E-state index in [1.165, 1.54) is 0 Å². The van der Waals surface area contributed by atoms with Crippen molar-refractivity contribution in [3.8, 4) is 16.9 Å². The van der Waals surface area contributed by atoms with Crippen LogP contribution in [-0.2, 0) is 11.3 Å². The van der Waals surface area contributed by atoms with Crippen LogP contribution in [0.15, 0.2) is 79.0 Å². The second kappa shape index (κ2) is 10.9. The van der Waals surface area contributed by atoms with Crippen molar-refractivity contribution in [3.05, 3.63) is 107 Å². The van der Waals surface area contributed by atoms with Crippen LogP contribution in [0.3, 0.4) is 0 Å². The normalized spacial score (nSPS) is 10.7. The molecule has 0 aliphatic carbocycles. The Hall–Kier alpha value is -4.46. The topological polar surface area (TPSA) is 69.6 Å². The third kappa shape index (κ3) is 5.27. The summed E-state index contributed by atoms with van der Waals surface area (Å²) in [4.78, 5) is 26.2. The number of amides is 1. The molecule has 0 atom stereocenters. The van der Waals surface area contributed by atoms with Gasteiger partial charge in [-0.3, -0.25) is 4.79 Å². The van der Waals surface area contributed by atoms with Gasteiger partial charge in [-0.15, -0.1) is 0 Å². The van der Waals surface area contributed by atoms with Crippen molar-refractivity contribution in [2.24, 2.45) is 0 Å². The van der Waals surface area contributed by atoms with Gasteiger partial charge in [0.2, 0.25) is 0 Å². The number of ether oxygens (including phenoxy) is 2. The predicted octanol–water partition coefficient (Wildman–Crippen LogP) is 5.92. The molecule has 184 valence electrons. The Morgan fingerprint density at radius 2 is 1.69 bits per heavy atom. The van der Waals surface area contributed by atoms with E-state index in [9.17, 15) is 18.4 Å². The van der Waals surface area contributed by atoms with Gasteiger partial charge in [0.15, 0.2) is 5.69 Å². The zero-order valence-electron chi connectivity index (χ0n) is 19.8. The van der Waals surface area contributed by atoms with E-state index in [1.54, 1.807) is 49.1 Å². The predicted molar refractivity (Wildman–Crippen MR) is 132 cm³/mol. The molecule has 1 amide bonds. The van der Waals surface area contributed by atoms with Crippen molar-refractivity contribution in [2.75, 3.05) is 19.0 Å². The Bertz CT molecular complexity index is 1380. The number of methoxy groups -OCH3 is 1. The number of carbonyl (C=O) groups excluding carboxylic acids is 2. The standard InChI is InChI=1S/C28H24F2N2O4/c1-3-36-28(34)26-25(31-27(33)22-14-11-20(29)15-24(22)30)23(19-9-12-21(35-2)13-10-19)17-32(26)16-18-7-5-4-6-8-18/h4-15,17H,3,16H2,1-2H3,(H,31,33). The molecule has 6 nitrogen and oxygen atoms in total. The summed E-state index contributed by atoms with van der Waals surface area (Å²) in [5, 5.41) is 2.67. The third-order valence-corrected chi connectivity index (χ3v) is 5.56. The molecule has 0 bridgehead atoms. The lowest BCUT2D eigenvalue weighted by Gasteiger charge is -2.13. The van der Waals surface area contributed by atoms with Crippen LogP contribution in [0.2, 0.25) is 0 Å². The van der Waals surface area contributed by atoms with E-state index in [-0.39, 0.29) is 23.6 Å². The maximum absolute atomic E-state index is 14.4. The van der Waals surface area contributed by atoms with Crippen LogP contribution in [0, 0.1) is 11.6 Å². The van der Waals surface area contributed by atoms with Crippen LogP contribution in [0.5, 0.6) is 5.75 Å². The number of nitrogens with one attached hydrogen (secondary N) is 1. The number of aromatic nitrogens is 1. The lowest BCUT2D eigenvalue weighted by atomic mass is 10.1. The maximum atomic E-state index is 14.4. The Kier molecular flexibility index (Phi) is 7.44. The Morgan fingerprint density at radius 1 is 0.972 bits per heavy atom. The van der Waals surface area contributed by atoms with Gasteiger partial charge < -0.3 is 19.4 Å². The molecule has 0 radical (unpaired) electrons. The highest BCUT2D eigenvalue weighted by molar-refractivity contribution is 6.11. The molecule has 1 N–H and O–H groups in total. The first-order valence-electron chi connectivity index (χ1n) is 11.3. The van der Waals surface area contributed by atoms with Gasteiger partial charge in [-0.05, 0) is 42.3 Å². The minimum Gasteiger partial charge on any atom is -0.497 e. The van der Waals surface area contributed by atoms with Crippen LogP contribution in [0.1, 0.15) is 33.3 Å². The average Bonchev–Trinajstić information content (AvgIpc) is 3.22. The molecule has 1 heterocycles. The molecule has 0 saturated heterocycles. The van der Waals surface area contributed by atoms with E-state index in [0.717, 1.165) is 17.7 Å². The number of anilines is 1. The number of rotatable bonds is 8. The number of benzene rings is 3. The molecule has 0 unspecified atom stereocenters. The van der Waals surface area contributed by atoms with Gasteiger partial charge in [-0.25, -0.2) is 13.6 Å². The van der Waals surface area contributed by atoms with E-state index >= 15 is 0 Å². The molecule has 4 aromatic rings. The van der Waals surface area contributed by atoms with Crippen LogP contribution in [0.4, 0.5) is 14.5 Å². The molecular formula is C28H24F2N2O4. The highest BCUT2D eigenvalue weighted by Gasteiger charge is 2.26. The van der Waals surface area contributed by atoms with Crippen molar-refractivity contribution < 1.29 is 27.8 Å². The molecule has 8 heteroatoms. The molecule has 1 aromatic heterocycles. The van der Waals surface area contributed by atoms with E-state index in [1.807, 2.05) is 30.3 Å². The number of hydrogen-bond donors (Lipinski definition) is 1. The first-order valence-corrected chi connectivity index (χ1v) is 11.3. The number of esters is 1. The Balaban J connectivity index is 1.86. The zero-order valence-corrected chi connectivity index (χ0v) is 19.8. The summed E-state index contributed by atoms with van der Waals surface area (Å²) in [6.07, 6.45) is 1.73. The molecule has 0 fully saturated rings. The molecule has 0 aliphatic heterocycles. The summed E-state index contributed by atoms with van der Waals surface area (Å²) < 4.78 is 40.0. The fraction of sp³-hybridized carbons (Fsp3) is 0.143. The second-order valence-corrected chi connectivity index (χ2v) is 7.91. The molecule has 0 spiro atoms. The molecule has 36 heavy (non-hydrogen) atoms.